The number of carbonyl (C=O) groups excluding carboxylic acids is 1. The smallest absolute Gasteiger partial charge is 0.225 e. The van der Waals surface area contributed by atoms with E-state index in [1.165, 1.54) is 19.3 Å². The molecule has 0 radical (unpaired) electrons. The van der Waals surface area contributed by atoms with Gasteiger partial charge in [-0.05, 0) is 26.2 Å². The minimum atomic E-state index is 0.251. The summed E-state index contributed by atoms with van der Waals surface area (Å²) >= 11 is 0. The molecule has 1 aromatic heterocycles. The first-order valence-electron chi connectivity index (χ1n) is 9.49. The van der Waals surface area contributed by atoms with Crippen LogP contribution in [0, 0.1) is 5.92 Å². The second-order valence-corrected chi connectivity index (χ2v) is 6.94. The van der Waals surface area contributed by atoms with Crippen molar-refractivity contribution in [2.24, 2.45) is 10.9 Å². The molecule has 3 rings (SSSR count). The van der Waals surface area contributed by atoms with Gasteiger partial charge in [-0.15, -0.1) is 0 Å². The van der Waals surface area contributed by atoms with Gasteiger partial charge in [0, 0.05) is 37.7 Å². The summed E-state index contributed by atoms with van der Waals surface area (Å²) in [7, 11) is 0. The second-order valence-electron chi connectivity index (χ2n) is 6.94. The van der Waals surface area contributed by atoms with E-state index in [4.69, 9.17) is 4.52 Å². The van der Waals surface area contributed by atoms with E-state index in [9.17, 15) is 4.79 Å². The fourth-order valence-corrected chi connectivity index (χ4v) is 3.68. The van der Waals surface area contributed by atoms with Crippen LogP contribution in [0.3, 0.4) is 0 Å². The van der Waals surface area contributed by atoms with Crippen molar-refractivity contribution < 1.29 is 9.32 Å². The molecule has 138 valence electrons. The van der Waals surface area contributed by atoms with Gasteiger partial charge in [-0.2, -0.15) is 0 Å². The van der Waals surface area contributed by atoms with Gasteiger partial charge in [0.05, 0.1) is 6.54 Å². The SMILES string of the molecule is CCNC(=NCc1ccon1)NC1CCN(C(=O)C2CCCCC2)C1. The van der Waals surface area contributed by atoms with E-state index >= 15 is 0 Å². The van der Waals surface area contributed by atoms with Crippen molar-refractivity contribution in [2.75, 3.05) is 19.6 Å². The molecular weight excluding hydrogens is 318 g/mol. The topological polar surface area (TPSA) is 82.8 Å². The molecule has 2 aliphatic rings. The molecule has 1 aliphatic carbocycles. The third kappa shape index (κ3) is 4.96. The predicted octanol–water partition coefficient (Wildman–Crippen LogP) is 1.91. The van der Waals surface area contributed by atoms with Crippen molar-refractivity contribution in [3.63, 3.8) is 0 Å². The number of guanidine groups is 1. The first-order valence-corrected chi connectivity index (χ1v) is 9.49. The van der Waals surface area contributed by atoms with Gasteiger partial charge >= 0.3 is 0 Å². The van der Waals surface area contributed by atoms with E-state index in [2.05, 4.69) is 20.8 Å². The Morgan fingerprint density at radius 2 is 2.20 bits per heavy atom. The van der Waals surface area contributed by atoms with Crippen molar-refractivity contribution in [1.82, 2.24) is 20.7 Å². The van der Waals surface area contributed by atoms with E-state index in [1.54, 1.807) is 6.26 Å². The van der Waals surface area contributed by atoms with Crippen LogP contribution in [-0.4, -0.2) is 47.6 Å². The minimum absolute atomic E-state index is 0.251. The van der Waals surface area contributed by atoms with Crippen LogP contribution in [0.2, 0.25) is 0 Å². The molecule has 2 N–H and O–H groups in total. The third-order valence-electron chi connectivity index (χ3n) is 5.03. The molecular formula is C18H29N5O2. The van der Waals surface area contributed by atoms with Gasteiger partial charge in [0.1, 0.15) is 12.0 Å². The fourth-order valence-electron chi connectivity index (χ4n) is 3.68. The number of aliphatic imine (C=N–C) groups is 1. The lowest BCUT2D eigenvalue weighted by molar-refractivity contribution is -0.135. The number of hydrogen-bond donors (Lipinski definition) is 2. The van der Waals surface area contributed by atoms with E-state index in [-0.39, 0.29) is 12.0 Å². The van der Waals surface area contributed by atoms with Crippen molar-refractivity contribution in [2.45, 2.75) is 58.0 Å². The maximum atomic E-state index is 12.7. The molecule has 7 nitrogen and oxygen atoms in total. The zero-order valence-electron chi connectivity index (χ0n) is 15.0. The molecule has 25 heavy (non-hydrogen) atoms. The maximum Gasteiger partial charge on any atom is 0.225 e. The standard InChI is InChI=1S/C18H29N5O2/c1-2-19-18(20-12-15-9-11-25-22-15)21-16-8-10-23(13-16)17(24)14-6-4-3-5-7-14/h9,11,14,16H,2-8,10,12-13H2,1H3,(H2,19,20,21). The lowest BCUT2D eigenvalue weighted by Gasteiger charge is -2.26. The van der Waals surface area contributed by atoms with Crippen molar-refractivity contribution in [3.05, 3.63) is 18.0 Å². The number of likely N-dealkylation sites (tertiary alicyclic amines) is 1. The molecule has 1 saturated carbocycles. The quantitative estimate of drug-likeness (QED) is 0.628. The molecule has 1 saturated heterocycles. The Labute approximate surface area is 149 Å². The molecule has 2 heterocycles. The van der Waals surface area contributed by atoms with Crippen molar-refractivity contribution >= 4 is 11.9 Å². The lowest BCUT2D eigenvalue weighted by Crippen LogP contribution is -2.45. The summed E-state index contributed by atoms with van der Waals surface area (Å²) in [6.45, 7) is 4.92. The average Bonchev–Trinajstić information content (AvgIpc) is 3.32. The van der Waals surface area contributed by atoms with Gasteiger partial charge in [0.25, 0.3) is 0 Å². The molecule has 0 spiro atoms. The summed E-state index contributed by atoms with van der Waals surface area (Å²) in [5.41, 5.74) is 0.803. The highest BCUT2D eigenvalue weighted by atomic mass is 16.5. The number of hydrogen-bond acceptors (Lipinski definition) is 4. The van der Waals surface area contributed by atoms with Crippen molar-refractivity contribution in [1.29, 1.82) is 0 Å². The van der Waals surface area contributed by atoms with Crippen LogP contribution >= 0.6 is 0 Å². The Kier molecular flexibility index (Phi) is 6.30. The maximum absolute atomic E-state index is 12.7. The number of carbonyl (C=O) groups is 1. The molecule has 1 amide bonds. The highest BCUT2D eigenvalue weighted by Gasteiger charge is 2.31. The first-order chi connectivity index (χ1) is 12.3. The number of nitrogens with zero attached hydrogens (tertiary/aromatic N) is 3. The van der Waals surface area contributed by atoms with Gasteiger partial charge in [-0.1, -0.05) is 24.4 Å². The molecule has 1 aliphatic heterocycles. The van der Waals surface area contributed by atoms with Gasteiger partial charge in [0.2, 0.25) is 5.91 Å². The van der Waals surface area contributed by atoms with E-state index in [1.807, 2.05) is 17.9 Å². The Balaban J connectivity index is 1.51. The largest absolute Gasteiger partial charge is 0.364 e. The average molecular weight is 347 g/mol. The van der Waals surface area contributed by atoms with Crippen LogP contribution in [0.1, 0.15) is 51.1 Å². The second kappa shape index (κ2) is 8.87. The van der Waals surface area contributed by atoms with Crippen LogP contribution in [0.25, 0.3) is 0 Å². The van der Waals surface area contributed by atoms with E-state index < -0.39 is 0 Å². The number of rotatable bonds is 5. The lowest BCUT2D eigenvalue weighted by atomic mass is 9.88. The third-order valence-corrected chi connectivity index (χ3v) is 5.03. The molecule has 1 unspecified atom stereocenters. The van der Waals surface area contributed by atoms with Crippen molar-refractivity contribution in [3.8, 4) is 0 Å². The van der Waals surface area contributed by atoms with Gasteiger partial charge in [0.15, 0.2) is 5.96 Å². The Bertz CT molecular complexity index is 566. The first kappa shape index (κ1) is 17.8. The van der Waals surface area contributed by atoms with Gasteiger partial charge < -0.3 is 20.1 Å². The summed E-state index contributed by atoms with van der Waals surface area (Å²) in [6.07, 6.45) is 8.33. The van der Waals surface area contributed by atoms with Crippen LogP contribution in [0.5, 0.6) is 0 Å². The van der Waals surface area contributed by atoms with E-state index in [0.29, 0.717) is 12.5 Å². The Morgan fingerprint density at radius 1 is 1.36 bits per heavy atom. The number of amides is 1. The summed E-state index contributed by atoms with van der Waals surface area (Å²) in [5, 5.41) is 10.6. The molecule has 1 aromatic rings. The molecule has 0 aromatic carbocycles. The van der Waals surface area contributed by atoms with Gasteiger partial charge in [-0.25, -0.2) is 4.99 Å². The molecule has 0 bridgehead atoms. The Morgan fingerprint density at radius 3 is 2.92 bits per heavy atom. The summed E-state index contributed by atoms with van der Waals surface area (Å²) in [4.78, 5) is 19.3. The number of nitrogens with one attached hydrogen (secondary N) is 2. The molecule has 2 fully saturated rings. The fraction of sp³-hybridized carbons (Fsp3) is 0.722. The van der Waals surface area contributed by atoms with E-state index in [0.717, 1.165) is 50.6 Å². The highest BCUT2D eigenvalue weighted by molar-refractivity contribution is 5.81. The predicted molar refractivity (Wildman–Crippen MR) is 96.0 cm³/mol. The van der Waals surface area contributed by atoms with Gasteiger partial charge in [-0.3, -0.25) is 4.79 Å². The van der Waals surface area contributed by atoms with Crippen LogP contribution in [0.4, 0.5) is 0 Å². The highest BCUT2D eigenvalue weighted by Crippen LogP contribution is 2.26. The molecule has 1 atom stereocenters. The zero-order chi connectivity index (χ0) is 17.5. The van der Waals surface area contributed by atoms with Crippen LogP contribution in [-0.2, 0) is 11.3 Å². The zero-order valence-corrected chi connectivity index (χ0v) is 15.0. The number of aromatic nitrogens is 1. The Hall–Kier alpha value is -2.05. The normalized spacial score (nSPS) is 22.2. The monoisotopic (exact) mass is 347 g/mol. The minimum Gasteiger partial charge on any atom is -0.364 e. The van der Waals surface area contributed by atoms with Crippen LogP contribution < -0.4 is 10.6 Å². The molecule has 7 heteroatoms. The summed E-state index contributed by atoms with van der Waals surface area (Å²) < 4.78 is 4.83. The summed E-state index contributed by atoms with van der Waals surface area (Å²) in [6, 6.07) is 2.07. The van der Waals surface area contributed by atoms with Crippen LogP contribution in [0.15, 0.2) is 21.8 Å². The summed E-state index contributed by atoms with van der Waals surface area (Å²) in [5.74, 6) is 1.37.